The smallest absolute Gasteiger partial charge is 0.262 e. The Kier molecular flexibility index (Phi) is 4.17. The first kappa shape index (κ1) is 15.1. The van der Waals surface area contributed by atoms with Crippen molar-refractivity contribution in [1.29, 1.82) is 0 Å². The lowest BCUT2D eigenvalue weighted by atomic mass is 10.1. The molecule has 0 aliphatic carbocycles. The summed E-state index contributed by atoms with van der Waals surface area (Å²) >= 11 is 2.98. The summed E-state index contributed by atoms with van der Waals surface area (Å²) in [6, 6.07) is 5.11. The first-order chi connectivity index (χ1) is 10.5. The number of carbonyl (C=O) groups excluding carboxylic acids is 2. The van der Waals surface area contributed by atoms with Crippen molar-refractivity contribution < 1.29 is 14.3 Å². The number of nitrogens with zero attached hydrogens (tertiary/aromatic N) is 1. The van der Waals surface area contributed by atoms with Crippen LogP contribution in [0.1, 0.15) is 23.0 Å². The van der Waals surface area contributed by atoms with Crippen LogP contribution >= 0.6 is 23.1 Å². The number of benzene rings is 1. The molecule has 22 heavy (non-hydrogen) atoms. The molecule has 0 fully saturated rings. The zero-order valence-electron chi connectivity index (χ0n) is 12.1. The molecule has 0 saturated carbocycles. The number of thioether (sulfide) groups is 1. The van der Waals surface area contributed by atoms with Gasteiger partial charge >= 0.3 is 0 Å². The molecule has 7 heteroatoms. The summed E-state index contributed by atoms with van der Waals surface area (Å²) in [5, 5.41) is 4.43. The topological polar surface area (TPSA) is 68.3 Å². The van der Waals surface area contributed by atoms with Crippen molar-refractivity contribution in [2.24, 2.45) is 0 Å². The maximum atomic E-state index is 12.5. The van der Waals surface area contributed by atoms with E-state index in [0.29, 0.717) is 17.0 Å². The number of amides is 1. The number of Topliss-reactive ketones (excluding diaryl/α,β-unsaturated/α-hetero) is 1. The molecular formula is C15H14N2O3S2. The summed E-state index contributed by atoms with van der Waals surface area (Å²) in [7, 11) is 0. The van der Waals surface area contributed by atoms with Crippen LogP contribution < -0.4 is 10.1 Å². The number of ketones is 1. The van der Waals surface area contributed by atoms with Crippen molar-refractivity contribution in [2.45, 2.75) is 23.4 Å². The molecule has 114 valence electrons. The van der Waals surface area contributed by atoms with Crippen molar-refractivity contribution in [3.05, 3.63) is 34.8 Å². The van der Waals surface area contributed by atoms with Crippen LogP contribution in [0.5, 0.6) is 5.75 Å². The van der Waals surface area contributed by atoms with Crippen molar-refractivity contribution in [2.75, 3.05) is 11.9 Å². The third-order valence-corrected chi connectivity index (χ3v) is 5.33. The van der Waals surface area contributed by atoms with E-state index in [2.05, 4.69) is 10.3 Å². The number of aryl methyl sites for hydroxylation is 1. The molecule has 0 saturated heterocycles. The molecule has 0 spiro atoms. The van der Waals surface area contributed by atoms with Gasteiger partial charge in [0.05, 0.1) is 10.9 Å². The quantitative estimate of drug-likeness (QED) is 0.687. The Morgan fingerprint density at radius 1 is 1.50 bits per heavy atom. The van der Waals surface area contributed by atoms with Crippen LogP contribution in [0.25, 0.3) is 0 Å². The van der Waals surface area contributed by atoms with E-state index in [4.69, 9.17) is 4.74 Å². The van der Waals surface area contributed by atoms with E-state index < -0.39 is 0 Å². The molecule has 1 atom stereocenters. The summed E-state index contributed by atoms with van der Waals surface area (Å²) in [4.78, 5) is 28.2. The van der Waals surface area contributed by atoms with Crippen LogP contribution in [-0.2, 0) is 4.79 Å². The second kappa shape index (κ2) is 6.10. The molecule has 5 nitrogen and oxygen atoms in total. The normalized spacial score (nSPS) is 14.7. The number of carbonyl (C=O) groups is 2. The highest BCUT2D eigenvalue weighted by atomic mass is 32.2. The molecule has 1 aliphatic rings. The van der Waals surface area contributed by atoms with Gasteiger partial charge in [-0.1, -0.05) is 11.8 Å². The number of thiazole rings is 1. The van der Waals surface area contributed by atoms with Gasteiger partial charge in [-0.2, -0.15) is 0 Å². The Labute approximate surface area is 136 Å². The SMILES string of the molecule is Cc1csc(SC(C)C(=O)c2ccc3c(c2)NC(=O)CO3)n1. The number of fused-ring (bicyclic) bond motifs is 1. The molecule has 3 rings (SSSR count). The highest BCUT2D eigenvalue weighted by Crippen LogP contribution is 2.32. The zero-order valence-corrected chi connectivity index (χ0v) is 13.7. The van der Waals surface area contributed by atoms with Crippen molar-refractivity contribution in [1.82, 2.24) is 4.98 Å². The van der Waals surface area contributed by atoms with Gasteiger partial charge in [-0.15, -0.1) is 11.3 Å². The fourth-order valence-corrected chi connectivity index (χ4v) is 4.12. The lowest BCUT2D eigenvalue weighted by Gasteiger charge is -2.18. The van der Waals surface area contributed by atoms with E-state index in [-0.39, 0.29) is 23.5 Å². The minimum Gasteiger partial charge on any atom is -0.482 e. The third-order valence-electron chi connectivity index (χ3n) is 3.14. The number of aromatic nitrogens is 1. The van der Waals surface area contributed by atoms with E-state index >= 15 is 0 Å². The Balaban J connectivity index is 1.77. The van der Waals surface area contributed by atoms with Crippen LogP contribution in [0.4, 0.5) is 5.69 Å². The van der Waals surface area contributed by atoms with Crippen molar-refractivity contribution in [3.63, 3.8) is 0 Å². The average molecular weight is 334 g/mol. The molecule has 1 aliphatic heterocycles. The maximum absolute atomic E-state index is 12.5. The molecule has 1 N–H and O–H groups in total. The maximum Gasteiger partial charge on any atom is 0.262 e. The average Bonchev–Trinajstić information content (AvgIpc) is 2.90. The predicted molar refractivity (Wildman–Crippen MR) is 87.1 cm³/mol. The Morgan fingerprint density at radius 3 is 3.05 bits per heavy atom. The summed E-state index contributed by atoms with van der Waals surface area (Å²) in [6.07, 6.45) is 0. The van der Waals surface area contributed by atoms with E-state index in [0.717, 1.165) is 10.0 Å². The number of nitrogens with one attached hydrogen (secondary N) is 1. The lowest BCUT2D eigenvalue weighted by molar-refractivity contribution is -0.118. The molecule has 2 aromatic rings. The molecule has 1 aromatic carbocycles. The molecule has 2 heterocycles. The fourth-order valence-electron chi connectivity index (χ4n) is 2.06. The van der Waals surface area contributed by atoms with Gasteiger partial charge in [-0.05, 0) is 32.0 Å². The van der Waals surface area contributed by atoms with E-state index in [1.54, 1.807) is 18.2 Å². The van der Waals surface area contributed by atoms with Gasteiger partial charge in [0.15, 0.2) is 16.7 Å². The summed E-state index contributed by atoms with van der Waals surface area (Å²) in [5.41, 5.74) is 2.06. The Hall–Kier alpha value is -1.86. The van der Waals surface area contributed by atoms with Gasteiger partial charge in [0, 0.05) is 16.6 Å². The van der Waals surface area contributed by atoms with Crippen molar-refractivity contribution >= 4 is 40.5 Å². The van der Waals surface area contributed by atoms with Crippen LogP contribution in [0.15, 0.2) is 27.9 Å². The summed E-state index contributed by atoms with van der Waals surface area (Å²) < 4.78 is 6.17. The summed E-state index contributed by atoms with van der Waals surface area (Å²) in [6.45, 7) is 3.80. The van der Waals surface area contributed by atoms with E-state index in [1.165, 1.54) is 23.1 Å². The zero-order chi connectivity index (χ0) is 15.7. The number of hydrogen-bond donors (Lipinski definition) is 1. The van der Waals surface area contributed by atoms with E-state index in [9.17, 15) is 9.59 Å². The number of ether oxygens (including phenoxy) is 1. The van der Waals surface area contributed by atoms with Crippen LogP contribution in [-0.4, -0.2) is 28.5 Å². The van der Waals surface area contributed by atoms with Gasteiger partial charge in [-0.25, -0.2) is 4.98 Å². The highest BCUT2D eigenvalue weighted by molar-refractivity contribution is 8.02. The molecule has 1 aromatic heterocycles. The molecule has 1 amide bonds. The Morgan fingerprint density at radius 2 is 2.32 bits per heavy atom. The van der Waals surface area contributed by atoms with Gasteiger partial charge in [0.1, 0.15) is 5.75 Å². The minimum absolute atomic E-state index is 0.000440. The first-order valence-corrected chi connectivity index (χ1v) is 8.48. The monoisotopic (exact) mass is 334 g/mol. The predicted octanol–water partition coefficient (Wildman–Crippen LogP) is 3.15. The number of rotatable bonds is 4. The molecule has 0 radical (unpaired) electrons. The highest BCUT2D eigenvalue weighted by Gasteiger charge is 2.21. The lowest BCUT2D eigenvalue weighted by Crippen LogP contribution is -2.25. The largest absolute Gasteiger partial charge is 0.482 e. The standard InChI is InChI=1S/C15H14N2O3S2/c1-8-7-21-15(16-8)22-9(2)14(19)10-3-4-12-11(5-10)17-13(18)6-20-12/h3-5,7,9H,6H2,1-2H3,(H,17,18). The van der Waals surface area contributed by atoms with Gasteiger partial charge < -0.3 is 10.1 Å². The number of anilines is 1. The first-order valence-electron chi connectivity index (χ1n) is 6.72. The third kappa shape index (κ3) is 3.15. The molecular weight excluding hydrogens is 320 g/mol. The fraction of sp³-hybridized carbons (Fsp3) is 0.267. The van der Waals surface area contributed by atoms with Crippen LogP contribution in [0.2, 0.25) is 0 Å². The minimum atomic E-state index is -0.246. The van der Waals surface area contributed by atoms with Crippen LogP contribution in [0.3, 0.4) is 0 Å². The van der Waals surface area contributed by atoms with Crippen LogP contribution in [0, 0.1) is 6.92 Å². The van der Waals surface area contributed by atoms with Gasteiger partial charge in [-0.3, -0.25) is 9.59 Å². The summed E-state index contributed by atoms with van der Waals surface area (Å²) in [5.74, 6) is 0.380. The molecule has 0 bridgehead atoms. The van der Waals surface area contributed by atoms with Gasteiger partial charge in [0.25, 0.3) is 5.91 Å². The Bertz CT molecular complexity index is 742. The van der Waals surface area contributed by atoms with Gasteiger partial charge in [0.2, 0.25) is 0 Å². The van der Waals surface area contributed by atoms with Crippen molar-refractivity contribution in [3.8, 4) is 5.75 Å². The van der Waals surface area contributed by atoms with E-state index in [1.807, 2.05) is 19.2 Å². The molecule has 1 unspecified atom stereocenters. The second-order valence-corrected chi connectivity index (χ2v) is 7.37. The number of hydrogen-bond acceptors (Lipinski definition) is 6. The second-order valence-electron chi connectivity index (χ2n) is 4.93.